The first-order valence-electron chi connectivity index (χ1n) is 6.31. The van der Waals surface area contributed by atoms with Crippen LogP contribution in [0.4, 0.5) is 0 Å². The van der Waals surface area contributed by atoms with Crippen molar-refractivity contribution < 1.29 is 14.7 Å². The minimum atomic E-state index is -0.385. The third-order valence-electron chi connectivity index (χ3n) is 2.61. The van der Waals surface area contributed by atoms with Gasteiger partial charge in [0, 0.05) is 18.5 Å². The van der Waals surface area contributed by atoms with E-state index < -0.39 is 0 Å². The topological polar surface area (TPSA) is 92.4 Å². The van der Waals surface area contributed by atoms with Gasteiger partial charge < -0.3 is 16.2 Å². The molecule has 0 atom stereocenters. The molecule has 0 aromatic heterocycles. The highest BCUT2D eigenvalue weighted by molar-refractivity contribution is 5.96. The van der Waals surface area contributed by atoms with Crippen molar-refractivity contribution in [2.75, 3.05) is 13.2 Å². The lowest BCUT2D eigenvalue weighted by atomic mass is 10.0. The molecular weight excluding hydrogens is 256 g/mol. The van der Waals surface area contributed by atoms with Crippen molar-refractivity contribution in [3.8, 4) is 11.8 Å². The fourth-order valence-electron chi connectivity index (χ4n) is 1.65. The van der Waals surface area contributed by atoms with Gasteiger partial charge in [-0.3, -0.25) is 9.59 Å². The summed E-state index contributed by atoms with van der Waals surface area (Å²) in [6.07, 6.45) is 0.746. The van der Waals surface area contributed by atoms with Gasteiger partial charge in [0.2, 0.25) is 5.91 Å². The number of aryl methyl sites for hydroxylation is 1. The molecule has 0 aliphatic carbocycles. The van der Waals surface area contributed by atoms with Crippen molar-refractivity contribution in [3.63, 3.8) is 0 Å². The fraction of sp³-hybridized carbons (Fsp3) is 0.333. The number of primary amides is 1. The van der Waals surface area contributed by atoms with Gasteiger partial charge in [-0.15, -0.1) is 0 Å². The van der Waals surface area contributed by atoms with Crippen LogP contribution in [-0.2, 0) is 4.79 Å². The van der Waals surface area contributed by atoms with Gasteiger partial charge in [-0.05, 0) is 31.0 Å². The van der Waals surface area contributed by atoms with Crippen LogP contribution in [0.5, 0.6) is 0 Å². The summed E-state index contributed by atoms with van der Waals surface area (Å²) in [5, 5.41) is 11.4. The summed E-state index contributed by atoms with van der Waals surface area (Å²) in [4.78, 5) is 22.6. The Bertz CT molecular complexity index is 556. The first-order valence-corrected chi connectivity index (χ1v) is 6.31. The van der Waals surface area contributed by atoms with Crippen LogP contribution in [0.2, 0.25) is 0 Å². The van der Waals surface area contributed by atoms with Crippen LogP contribution < -0.4 is 11.1 Å². The van der Waals surface area contributed by atoms with Gasteiger partial charge >= 0.3 is 0 Å². The second kappa shape index (κ2) is 7.97. The number of hydrogen-bond acceptors (Lipinski definition) is 3. The minimum absolute atomic E-state index is 0.241. The normalized spacial score (nSPS) is 9.50. The zero-order valence-corrected chi connectivity index (χ0v) is 11.4. The number of carbonyl (C=O) groups is 2. The lowest BCUT2D eigenvalue weighted by Gasteiger charge is -2.07. The maximum absolute atomic E-state index is 12.0. The maximum atomic E-state index is 12.0. The summed E-state index contributed by atoms with van der Waals surface area (Å²) < 4.78 is 0. The monoisotopic (exact) mass is 274 g/mol. The smallest absolute Gasteiger partial charge is 0.252 e. The Labute approximate surface area is 118 Å². The number of rotatable bonds is 5. The van der Waals surface area contributed by atoms with Crippen LogP contribution in [0, 0.1) is 18.8 Å². The van der Waals surface area contributed by atoms with Crippen LogP contribution in [0.25, 0.3) is 0 Å². The number of nitrogens with one attached hydrogen (secondary N) is 1. The van der Waals surface area contributed by atoms with Gasteiger partial charge in [0.1, 0.15) is 6.61 Å². The molecule has 5 nitrogen and oxygen atoms in total. The van der Waals surface area contributed by atoms with Crippen molar-refractivity contribution in [3.05, 3.63) is 34.9 Å². The van der Waals surface area contributed by atoms with Gasteiger partial charge in [-0.2, -0.15) is 0 Å². The standard InChI is InChI=1S/C15H18N2O3/c1-11-6-7-13(12(10-11)4-3-9-18)15(20)17-8-2-5-14(16)19/h6-7,10,18H,2,5,8-9H2,1H3,(H2,16,19)(H,17,20). The predicted octanol–water partition coefficient (Wildman–Crippen LogP) is 0.334. The molecule has 20 heavy (non-hydrogen) atoms. The summed E-state index contributed by atoms with van der Waals surface area (Å²) in [7, 11) is 0. The largest absolute Gasteiger partial charge is 0.384 e. The molecule has 1 rings (SSSR count). The Morgan fingerprint density at radius 3 is 2.80 bits per heavy atom. The third kappa shape index (κ3) is 5.12. The highest BCUT2D eigenvalue weighted by Crippen LogP contribution is 2.10. The molecule has 0 bridgehead atoms. The highest BCUT2D eigenvalue weighted by Gasteiger charge is 2.09. The van der Waals surface area contributed by atoms with E-state index in [0.29, 0.717) is 24.1 Å². The van der Waals surface area contributed by atoms with Gasteiger partial charge in [0.15, 0.2) is 0 Å². The summed E-state index contributed by atoms with van der Waals surface area (Å²) in [6.45, 7) is 2.02. The molecule has 0 spiro atoms. The Morgan fingerprint density at radius 2 is 2.15 bits per heavy atom. The van der Waals surface area contributed by atoms with Crippen LogP contribution in [0.15, 0.2) is 18.2 Å². The Kier molecular flexibility index (Phi) is 6.27. The first kappa shape index (κ1) is 15.7. The molecule has 0 saturated carbocycles. The molecule has 0 aliphatic heterocycles. The van der Waals surface area contributed by atoms with Crippen LogP contribution in [-0.4, -0.2) is 30.1 Å². The summed E-state index contributed by atoms with van der Waals surface area (Å²) in [5.41, 5.74) is 7.04. The van der Waals surface area contributed by atoms with Crippen molar-refractivity contribution >= 4 is 11.8 Å². The van der Waals surface area contributed by atoms with Crippen LogP contribution in [0.3, 0.4) is 0 Å². The summed E-state index contributed by atoms with van der Waals surface area (Å²) in [6, 6.07) is 5.31. The van der Waals surface area contributed by atoms with E-state index in [0.717, 1.165) is 5.56 Å². The number of nitrogens with two attached hydrogens (primary N) is 1. The van der Waals surface area contributed by atoms with E-state index >= 15 is 0 Å². The molecule has 0 saturated heterocycles. The lowest BCUT2D eigenvalue weighted by molar-refractivity contribution is -0.118. The van der Waals surface area contributed by atoms with E-state index in [1.807, 2.05) is 13.0 Å². The van der Waals surface area contributed by atoms with Crippen molar-refractivity contribution in [2.24, 2.45) is 5.73 Å². The molecule has 2 amide bonds. The second-order valence-electron chi connectivity index (χ2n) is 4.33. The molecule has 0 aliphatic rings. The average Bonchev–Trinajstić information content (AvgIpc) is 2.41. The molecule has 0 unspecified atom stereocenters. The molecule has 106 valence electrons. The number of benzene rings is 1. The first-order chi connectivity index (χ1) is 9.54. The molecule has 1 aromatic carbocycles. The van der Waals surface area contributed by atoms with Gasteiger partial charge in [0.25, 0.3) is 5.91 Å². The van der Waals surface area contributed by atoms with E-state index in [4.69, 9.17) is 10.8 Å². The number of aliphatic hydroxyl groups excluding tert-OH is 1. The van der Waals surface area contributed by atoms with Crippen molar-refractivity contribution in [1.82, 2.24) is 5.32 Å². The Hall–Kier alpha value is -2.32. The predicted molar refractivity (Wildman–Crippen MR) is 75.9 cm³/mol. The molecule has 4 N–H and O–H groups in total. The zero-order valence-electron chi connectivity index (χ0n) is 11.4. The van der Waals surface area contributed by atoms with Gasteiger partial charge in [0.05, 0.1) is 5.56 Å². The molecule has 0 radical (unpaired) electrons. The SMILES string of the molecule is Cc1ccc(C(=O)NCCCC(N)=O)c(C#CCO)c1. The van der Waals surface area contributed by atoms with Gasteiger partial charge in [-0.1, -0.05) is 17.9 Å². The van der Waals surface area contributed by atoms with Crippen molar-refractivity contribution in [2.45, 2.75) is 19.8 Å². The Balaban J connectivity index is 2.74. The van der Waals surface area contributed by atoms with Crippen LogP contribution in [0.1, 0.15) is 34.3 Å². The summed E-state index contributed by atoms with van der Waals surface area (Å²) in [5.74, 6) is 4.65. The highest BCUT2D eigenvalue weighted by atomic mass is 16.2. The molecule has 0 fully saturated rings. The van der Waals surface area contributed by atoms with E-state index in [2.05, 4.69) is 17.2 Å². The molecule has 5 heteroatoms. The molecule has 0 heterocycles. The van der Waals surface area contributed by atoms with E-state index in [9.17, 15) is 9.59 Å². The second-order valence-corrected chi connectivity index (χ2v) is 4.33. The van der Waals surface area contributed by atoms with E-state index in [1.165, 1.54) is 0 Å². The summed E-state index contributed by atoms with van der Waals surface area (Å²) >= 11 is 0. The number of carbonyl (C=O) groups excluding carboxylic acids is 2. The minimum Gasteiger partial charge on any atom is -0.384 e. The quantitative estimate of drug-likeness (QED) is 0.534. The lowest BCUT2D eigenvalue weighted by Crippen LogP contribution is -2.26. The van der Waals surface area contributed by atoms with E-state index in [-0.39, 0.29) is 24.8 Å². The van der Waals surface area contributed by atoms with Gasteiger partial charge in [-0.25, -0.2) is 0 Å². The maximum Gasteiger partial charge on any atom is 0.252 e. The van der Waals surface area contributed by atoms with E-state index in [1.54, 1.807) is 12.1 Å². The molecular formula is C15H18N2O3. The van der Waals surface area contributed by atoms with Crippen molar-refractivity contribution in [1.29, 1.82) is 0 Å². The fourth-order valence-corrected chi connectivity index (χ4v) is 1.65. The molecule has 1 aromatic rings. The average molecular weight is 274 g/mol. The number of hydrogen-bond donors (Lipinski definition) is 3. The Morgan fingerprint density at radius 1 is 1.40 bits per heavy atom. The number of aliphatic hydroxyl groups is 1. The van der Waals surface area contributed by atoms with Crippen LogP contribution >= 0.6 is 0 Å². The number of amides is 2. The zero-order chi connectivity index (χ0) is 15.0. The third-order valence-corrected chi connectivity index (χ3v) is 2.61.